The lowest BCUT2D eigenvalue weighted by molar-refractivity contribution is -0.138. The Morgan fingerprint density at radius 1 is 1.19 bits per heavy atom. The van der Waals surface area contributed by atoms with Crippen LogP contribution in [0.1, 0.15) is 20.9 Å². The minimum absolute atomic E-state index is 0.191. The molecule has 0 aliphatic heterocycles. The Morgan fingerprint density at radius 3 is 2.54 bits per heavy atom. The average molecular weight is 398 g/mol. The van der Waals surface area contributed by atoms with E-state index in [4.69, 9.17) is 11.6 Å². The van der Waals surface area contributed by atoms with E-state index in [1.165, 1.54) is 0 Å². The number of halogens is 4. The number of carbonyl (C=O) groups is 1. The van der Waals surface area contributed by atoms with Gasteiger partial charge in [-0.3, -0.25) is 15.1 Å². The van der Waals surface area contributed by atoms with Crippen LogP contribution in [0.25, 0.3) is 11.3 Å². The summed E-state index contributed by atoms with van der Waals surface area (Å²) in [5, 5.41) is 3.16. The molecule has 134 valence electrons. The Bertz CT molecular complexity index is 955. The molecule has 0 bridgehead atoms. The molecular weight excluding hydrogens is 387 g/mol. The fraction of sp³-hybridized carbons (Fsp3) is 0.118. The van der Waals surface area contributed by atoms with Gasteiger partial charge in [-0.05, 0) is 31.2 Å². The van der Waals surface area contributed by atoms with Gasteiger partial charge in [-0.15, -0.1) is 11.3 Å². The van der Waals surface area contributed by atoms with Crippen molar-refractivity contribution in [3.63, 3.8) is 0 Å². The van der Waals surface area contributed by atoms with Crippen LogP contribution in [0.15, 0.2) is 42.6 Å². The van der Waals surface area contributed by atoms with E-state index in [1.54, 1.807) is 31.2 Å². The standard InChI is InChI=1S/C17H11ClF3N3OS/c1-9-13(10-4-6-11(18)7-5-10)23-16(26-9)24-15(25)14-12(17(19,20)21)3-2-8-22-14/h2-8H,1H3,(H,23,24,25). The number of aryl methyl sites for hydroxylation is 1. The number of anilines is 1. The molecule has 1 N–H and O–H groups in total. The second-order valence-corrected chi connectivity index (χ2v) is 6.92. The number of aromatic nitrogens is 2. The minimum atomic E-state index is -4.67. The predicted molar refractivity (Wildman–Crippen MR) is 94.5 cm³/mol. The van der Waals surface area contributed by atoms with Gasteiger partial charge < -0.3 is 0 Å². The van der Waals surface area contributed by atoms with Crippen molar-refractivity contribution >= 4 is 34.0 Å². The van der Waals surface area contributed by atoms with E-state index < -0.39 is 23.3 Å². The van der Waals surface area contributed by atoms with Gasteiger partial charge >= 0.3 is 6.18 Å². The summed E-state index contributed by atoms with van der Waals surface area (Å²) in [7, 11) is 0. The van der Waals surface area contributed by atoms with Crippen molar-refractivity contribution in [2.75, 3.05) is 5.32 Å². The molecule has 3 aromatic rings. The molecule has 0 radical (unpaired) electrons. The highest BCUT2D eigenvalue weighted by Crippen LogP contribution is 2.33. The number of alkyl halides is 3. The number of carbonyl (C=O) groups excluding carboxylic acids is 1. The molecule has 0 unspecified atom stereocenters. The Labute approximate surface area is 155 Å². The second-order valence-electron chi connectivity index (χ2n) is 5.28. The van der Waals surface area contributed by atoms with Crippen LogP contribution < -0.4 is 5.32 Å². The van der Waals surface area contributed by atoms with Crippen molar-refractivity contribution in [1.82, 2.24) is 9.97 Å². The molecule has 4 nitrogen and oxygen atoms in total. The van der Waals surface area contributed by atoms with Crippen LogP contribution in [0, 0.1) is 6.92 Å². The van der Waals surface area contributed by atoms with E-state index in [1.807, 2.05) is 0 Å². The highest BCUT2D eigenvalue weighted by molar-refractivity contribution is 7.16. The first kappa shape index (κ1) is 18.3. The lowest BCUT2D eigenvalue weighted by Crippen LogP contribution is -2.20. The first-order valence-electron chi connectivity index (χ1n) is 7.32. The summed E-state index contributed by atoms with van der Waals surface area (Å²) in [5.74, 6) is -0.964. The van der Waals surface area contributed by atoms with Gasteiger partial charge in [-0.2, -0.15) is 13.2 Å². The van der Waals surface area contributed by atoms with E-state index in [0.717, 1.165) is 40.1 Å². The number of amides is 1. The topological polar surface area (TPSA) is 54.9 Å². The van der Waals surface area contributed by atoms with E-state index in [-0.39, 0.29) is 5.13 Å². The monoisotopic (exact) mass is 397 g/mol. The maximum atomic E-state index is 13.0. The molecule has 1 amide bonds. The van der Waals surface area contributed by atoms with Crippen molar-refractivity contribution in [1.29, 1.82) is 0 Å². The van der Waals surface area contributed by atoms with Crippen LogP contribution in [0.2, 0.25) is 5.02 Å². The quantitative estimate of drug-likeness (QED) is 0.640. The molecule has 0 fully saturated rings. The largest absolute Gasteiger partial charge is 0.418 e. The van der Waals surface area contributed by atoms with Gasteiger partial charge in [0.2, 0.25) is 0 Å². The molecular formula is C17H11ClF3N3OS. The summed E-state index contributed by atoms with van der Waals surface area (Å²) in [6, 6.07) is 8.90. The first-order valence-corrected chi connectivity index (χ1v) is 8.52. The summed E-state index contributed by atoms with van der Waals surface area (Å²) in [4.78, 5) is 20.9. The SMILES string of the molecule is Cc1sc(NC(=O)c2ncccc2C(F)(F)F)nc1-c1ccc(Cl)cc1. The normalized spacial score (nSPS) is 11.4. The zero-order valence-corrected chi connectivity index (χ0v) is 14.8. The van der Waals surface area contributed by atoms with Crippen LogP contribution in [0.3, 0.4) is 0 Å². The number of rotatable bonds is 3. The molecule has 0 saturated carbocycles. The molecule has 0 aliphatic rings. The van der Waals surface area contributed by atoms with Crippen LogP contribution >= 0.6 is 22.9 Å². The van der Waals surface area contributed by atoms with Crippen LogP contribution in [-0.2, 0) is 6.18 Å². The van der Waals surface area contributed by atoms with Gasteiger partial charge in [-0.1, -0.05) is 23.7 Å². The zero-order chi connectivity index (χ0) is 18.9. The van der Waals surface area contributed by atoms with Gasteiger partial charge in [0.15, 0.2) is 5.13 Å². The molecule has 0 atom stereocenters. The molecule has 0 saturated heterocycles. The third kappa shape index (κ3) is 3.86. The Morgan fingerprint density at radius 2 is 1.88 bits per heavy atom. The number of benzene rings is 1. The van der Waals surface area contributed by atoms with E-state index in [2.05, 4.69) is 15.3 Å². The fourth-order valence-corrected chi connectivity index (χ4v) is 3.25. The number of nitrogens with zero attached hydrogens (tertiary/aromatic N) is 2. The Kier molecular flexibility index (Phi) is 4.97. The molecule has 2 heterocycles. The predicted octanol–water partition coefficient (Wildman–Crippen LogP) is 5.44. The van der Waals surface area contributed by atoms with Gasteiger partial charge in [0, 0.05) is 21.7 Å². The molecule has 1 aromatic carbocycles. The van der Waals surface area contributed by atoms with Crippen molar-refractivity contribution in [3.8, 4) is 11.3 Å². The number of hydrogen-bond acceptors (Lipinski definition) is 4. The first-order chi connectivity index (χ1) is 12.3. The number of thiazole rings is 1. The average Bonchev–Trinajstić information content (AvgIpc) is 2.95. The zero-order valence-electron chi connectivity index (χ0n) is 13.3. The molecule has 2 aromatic heterocycles. The summed E-state index contributed by atoms with van der Waals surface area (Å²) in [6.45, 7) is 1.80. The van der Waals surface area contributed by atoms with Gasteiger partial charge in [0.1, 0.15) is 5.69 Å². The van der Waals surface area contributed by atoms with Gasteiger partial charge in [0.25, 0.3) is 5.91 Å². The van der Waals surface area contributed by atoms with Gasteiger partial charge in [0.05, 0.1) is 11.3 Å². The smallest absolute Gasteiger partial charge is 0.296 e. The number of nitrogens with one attached hydrogen (secondary N) is 1. The van der Waals surface area contributed by atoms with Crippen molar-refractivity contribution in [2.45, 2.75) is 13.1 Å². The summed E-state index contributed by atoms with van der Waals surface area (Å²) >= 11 is 7.02. The fourth-order valence-electron chi connectivity index (χ4n) is 2.30. The number of hydrogen-bond donors (Lipinski definition) is 1. The van der Waals surface area contributed by atoms with Crippen LogP contribution in [-0.4, -0.2) is 15.9 Å². The summed E-state index contributed by atoms with van der Waals surface area (Å²) < 4.78 is 39.1. The molecule has 26 heavy (non-hydrogen) atoms. The molecule has 0 aliphatic carbocycles. The van der Waals surface area contributed by atoms with Crippen LogP contribution in [0.5, 0.6) is 0 Å². The lowest BCUT2D eigenvalue weighted by Gasteiger charge is -2.10. The number of pyridine rings is 1. The lowest BCUT2D eigenvalue weighted by atomic mass is 10.1. The second kappa shape index (κ2) is 7.05. The van der Waals surface area contributed by atoms with Crippen molar-refractivity contribution in [2.24, 2.45) is 0 Å². The third-order valence-corrected chi connectivity index (χ3v) is 4.60. The van der Waals surface area contributed by atoms with E-state index in [0.29, 0.717) is 10.7 Å². The van der Waals surface area contributed by atoms with Gasteiger partial charge in [-0.25, -0.2) is 4.98 Å². The summed E-state index contributed by atoms with van der Waals surface area (Å²) in [5.41, 5.74) is -0.374. The highest BCUT2D eigenvalue weighted by atomic mass is 35.5. The van der Waals surface area contributed by atoms with Crippen molar-refractivity contribution < 1.29 is 18.0 Å². The maximum absolute atomic E-state index is 13.0. The van der Waals surface area contributed by atoms with Crippen LogP contribution in [0.4, 0.5) is 18.3 Å². The molecule has 9 heteroatoms. The van der Waals surface area contributed by atoms with E-state index >= 15 is 0 Å². The Balaban J connectivity index is 1.88. The third-order valence-electron chi connectivity index (χ3n) is 3.46. The molecule has 0 spiro atoms. The molecule has 3 rings (SSSR count). The maximum Gasteiger partial charge on any atom is 0.418 e. The van der Waals surface area contributed by atoms with Crippen molar-refractivity contribution in [3.05, 3.63) is 63.8 Å². The highest BCUT2D eigenvalue weighted by Gasteiger charge is 2.36. The summed E-state index contributed by atoms with van der Waals surface area (Å²) in [6.07, 6.45) is -3.54. The van der Waals surface area contributed by atoms with E-state index in [9.17, 15) is 18.0 Å². The Hall–Kier alpha value is -2.45. The minimum Gasteiger partial charge on any atom is -0.296 e.